The molecule has 158 valence electrons. The number of amides is 1. The summed E-state index contributed by atoms with van der Waals surface area (Å²) in [5.74, 6) is -0.308. The third kappa shape index (κ3) is 4.01. The average molecular weight is 446 g/mol. The number of halogens is 1. The molecule has 3 aliphatic rings. The van der Waals surface area contributed by atoms with Crippen LogP contribution in [0.2, 0.25) is 5.02 Å². The normalized spacial score (nSPS) is 21.2. The van der Waals surface area contributed by atoms with Crippen molar-refractivity contribution in [2.45, 2.75) is 38.6 Å². The number of aliphatic imine (C=N–C) groups is 1. The Hall–Kier alpha value is -2.25. The fourth-order valence-electron chi connectivity index (χ4n) is 4.11. The van der Waals surface area contributed by atoms with Crippen molar-refractivity contribution in [1.82, 2.24) is 9.80 Å². The molecule has 0 spiro atoms. The van der Waals surface area contributed by atoms with E-state index in [9.17, 15) is 9.59 Å². The summed E-state index contributed by atoms with van der Waals surface area (Å²) in [6, 6.07) is 6.99. The number of carbonyl (C=O) groups excluding carboxylic acids is 2. The summed E-state index contributed by atoms with van der Waals surface area (Å²) in [5, 5.41) is 3.36. The smallest absolute Gasteiger partial charge is 0.338 e. The number of rotatable bonds is 4. The number of ether oxygens (including phenoxy) is 1. The van der Waals surface area contributed by atoms with Gasteiger partial charge in [-0.15, -0.1) is 0 Å². The van der Waals surface area contributed by atoms with E-state index >= 15 is 0 Å². The molecule has 1 aromatic rings. The van der Waals surface area contributed by atoms with Gasteiger partial charge in [0.15, 0.2) is 5.17 Å². The molecule has 1 aromatic carbocycles. The first-order valence-corrected chi connectivity index (χ1v) is 11.3. The highest BCUT2D eigenvalue weighted by atomic mass is 35.5. The van der Waals surface area contributed by atoms with Crippen LogP contribution in [-0.4, -0.2) is 47.0 Å². The van der Waals surface area contributed by atoms with Crippen molar-refractivity contribution in [3.05, 3.63) is 57.2 Å². The molecule has 0 bridgehead atoms. The molecule has 1 fully saturated rings. The molecule has 3 heterocycles. The fraction of sp³-hybridized carbons (Fsp3) is 0.409. The van der Waals surface area contributed by atoms with E-state index in [4.69, 9.17) is 16.3 Å². The Labute approximate surface area is 185 Å². The molecule has 0 N–H and O–H groups in total. The molecule has 0 saturated carbocycles. The topological polar surface area (TPSA) is 62.2 Å². The van der Waals surface area contributed by atoms with Crippen molar-refractivity contribution < 1.29 is 14.3 Å². The van der Waals surface area contributed by atoms with Crippen LogP contribution in [0.1, 0.15) is 44.2 Å². The van der Waals surface area contributed by atoms with Gasteiger partial charge in [0.25, 0.3) is 0 Å². The van der Waals surface area contributed by atoms with E-state index in [-0.39, 0.29) is 12.3 Å². The highest BCUT2D eigenvalue weighted by molar-refractivity contribution is 8.16. The lowest BCUT2D eigenvalue weighted by molar-refractivity contribution is -0.136. The molecule has 0 unspecified atom stereocenters. The first kappa shape index (κ1) is 21.0. The Balaban J connectivity index is 1.68. The molecule has 8 heteroatoms. The monoisotopic (exact) mass is 445 g/mol. The quantitative estimate of drug-likeness (QED) is 0.639. The van der Waals surface area contributed by atoms with Gasteiger partial charge in [-0.2, -0.15) is 0 Å². The van der Waals surface area contributed by atoms with E-state index in [0.29, 0.717) is 16.3 Å². The minimum atomic E-state index is -0.422. The molecule has 0 aliphatic carbocycles. The lowest BCUT2D eigenvalue weighted by atomic mass is 9.94. The summed E-state index contributed by atoms with van der Waals surface area (Å²) in [6.45, 7) is 3.44. The maximum absolute atomic E-state index is 12.9. The van der Waals surface area contributed by atoms with Gasteiger partial charge < -0.3 is 14.5 Å². The van der Waals surface area contributed by atoms with Gasteiger partial charge in [-0.1, -0.05) is 35.5 Å². The number of piperidine rings is 1. The second-order valence-corrected chi connectivity index (χ2v) is 8.83. The van der Waals surface area contributed by atoms with Crippen LogP contribution in [0.3, 0.4) is 0 Å². The molecule has 0 aromatic heterocycles. The number of methoxy groups -OCH3 is 1. The maximum atomic E-state index is 12.9. The predicted octanol–water partition coefficient (Wildman–Crippen LogP) is 4.49. The Bertz CT molecular complexity index is 949. The van der Waals surface area contributed by atoms with Gasteiger partial charge in [-0.25, -0.2) is 9.79 Å². The summed E-state index contributed by atoms with van der Waals surface area (Å²) in [5.41, 5.74) is 2.84. The molecule has 4 rings (SSSR count). The zero-order valence-electron chi connectivity index (χ0n) is 17.1. The number of likely N-dealkylation sites (tertiary alicyclic amines) is 1. The standard InChI is InChI=1S/C22H24ClN3O3S/c1-14-19(21(28)29-2)20(15-6-8-16(23)9-7-15)26-17(13-30-22(26)24-14)12-18(27)25-10-4-3-5-11-25/h6-9,13,20H,3-5,10-12H2,1-2H3/t20-/m0/s1. The second-order valence-electron chi connectivity index (χ2n) is 7.55. The molecular formula is C22H24ClN3O3S. The van der Waals surface area contributed by atoms with Crippen LogP contribution in [0.15, 0.2) is 51.6 Å². The van der Waals surface area contributed by atoms with Gasteiger partial charge >= 0.3 is 5.97 Å². The number of amidine groups is 1. The van der Waals surface area contributed by atoms with Crippen LogP contribution in [0.4, 0.5) is 0 Å². The SMILES string of the molecule is COC(=O)C1=C(C)N=C2SC=C(CC(=O)N3CCCCC3)N2[C@H]1c1ccc(Cl)cc1. The van der Waals surface area contributed by atoms with Gasteiger partial charge in [0, 0.05) is 23.8 Å². The van der Waals surface area contributed by atoms with Crippen molar-refractivity contribution in [3.8, 4) is 0 Å². The van der Waals surface area contributed by atoms with Crippen LogP contribution in [0.5, 0.6) is 0 Å². The van der Waals surface area contributed by atoms with Crippen molar-refractivity contribution in [3.63, 3.8) is 0 Å². The molecule has 1 amide bonds. The molecule has 30 heavy (non-hydrogen) atoms. The summed E-state index contributed by atoms with van der Waals surface area (Å²) >= 11 is 7.57. The van der Waals surface area contributed by atoms with E-state index < -0.39 is 12.0 Å². The number of hydrogen-bond acceptors (Lipinski definition) is 6. The fourth-order valence-corrected chi connectivity index (χ4v) is 5.20. The van der Waals surface area contributed by atoms with Crippen molar-refractivity contribution in [2.24, 2.45) is 4.99 Å². The minimum absolute atomic E-state index is 0.114. The zero-order chi connectivity index (χ0) is 21.3. The van der Waals surface area contributed by atoms with E-state index in [0.717, 1.165) is 42.4 Å². The lowest BCUT2D eigenvalue weighted by Crippen LogP contribution is -2.40. The first-order chi connectivity index (χ1) is 14.5. The Kier molecular flexibility index (Phi) is 6.20. The number of benzene rings is 1. The number of hydrogen-bond donors (Lipinski definition) is 0. The van der Waals surface area contributed by atoms with Crippen LogP contribution >= 0.6 is 23.4 Å². The van der Waals surface area contributed by atoms with Crippen molar-refractivity contribution in [2.75, 3.05) is 20.2 Å². The van der Waals surface area contributed by atoms with Gasteiger partial charge in [-0.05, 0) is 49.3 Å². The number of allylic oxidation sites excluding steroid dienone is 1. The summed E-state index contributed by atoms with van der Waals surface area (Å²) in [6.07, 6.45) is 3.57. The Morgan fingerprint density at radius 1 is 1.20 bits per heavy atom. The number of esters is 1. The molecule has 0 radical (unpaired) electrons. The average Bonchev–Trinajstić information content (AvgIpc) is 3.15. The van der Waals surface area contributed by atoms with E-state index in [2.05, 4.69) is 4.99 Å². The number of carbonyl (C=O) groups is 2. The van der Waals surface area contributed by atoms with Crippen LogP contribution in [0, 0.1) is 0 Å². The predicted molar refractivity (Wildman–Crippen MR) is 119 cm³/mol. The number of nitrogens with zero attached hydrogens (tertiary/aromatic N) is 3. The first-order valence-electron chi connectivity index (χ1n) is 10.1. The summed E-state index contributed by atoms with van der Waals surface area (Å²) < 4.78 is 5.08. The second kappa shape index (κ2) is 8.86. The lowest BCUT2D eigenvalue weighted by Gasteiger charge is -2.36. The maximum Gasteiger partial charge on any atom is 0.338 e. The molecule has 3 aliphatic heterocycles. The number of fused-ring (bicyclic) bond motifs is 1. The van der Waals surface area contributed by atoms with Gasteiger partial charge in [-0.3, -0.25) is 4.79 Å². The van der Waals surface area contributed by atoms with Crippen LogP contribution in [0.25, 0.3) is 0 Å². The van der Waals surface area contributed by atoms with Crippen LogP contribution in [-0.2, 0) is 14.3 Å². The van der Waals surface area contributed by atoms with Crippen molar-refractivity contribution in [1.29, 1.82) is 0 Å². The van der Waals surface area contributed by atoms with Crippen LogP contribution < -0.4 is 0 Å². The van der Waals surface area contributed by atoms with E-state index in [1.54, 1.807) is 12.1 Å². The van der Waals surface area contributed by atoms with E-state index in [1.165, 1.54) is 25.3 Å². The number of thioether (sulfide) groups is 1. The highest BCUT2D eigenvalue weighted by Gasteiger charge is 2.41. The van der Waals surface area contributed by atoms with E-state index in [1.807, 2.05) is 34.3 Å². The minimum Gasteiger partial charge on any atom is -0.466 e. The summed E-state index contributed by atoms with van der Waals surface area (Å²) in [4.78, 5) is 34.2. The largest absolute Gasteiger partial charge is 0.466 e. The molecular weight excluding hydrogens is 422 g/mol. The molecule has 1 saturated heterocycles. The van der Waals surface area contributed by atoms with Crippen molar-refractivity contribution >= 4 is 40.4 Å². The van der Waals surface area contributed by atoms with Gasteiger partial charge in [0.1, 0.15) is 0 Å². The summed E-state index contributed by atoms with van der Waals surface area (Å²) in [7, 11) is 1.37. The Morgan fingerprint density at radius 3 is 2.57 bits per heavy atom. The van der Waals surface area contributed by atoms with Gasteiger partial charge in [0.05, 0.1) is 30.8 Å². The molecule has 1 atom stereocenters. The molecule has 6 nitrogen and oxygen atoms in total. The third-order valence-electron chi connectivity index (χ3n) is 5.63. The highest BCUT2D eigenvalue weighted by Crippen LogP contribution is 2.45. The van der Waals surface area contributed by atoms with Gasteiger partial charge in [0.2, 0.25) is 5.91 Å². The zero-order valence-corrected chi connectivity index (χ0v) is 18.6. The third-order valence-corrected chi connectivity index (χ3v) is 6.77. The Morgan fingerprint density at radius 2 is 1.90 bits per heavy atom.